The Bertz CT molecular complexity index is 755. The van der Waals surface area contributed by atoms with E-state index in [1.165, 1.54) is 11.3 Å². The van der Waals surface area contributed by atoms with Crippen LogP contribution in [0.1, 0.15) is 15.4 Å². The van der Waals surface area contributed by atoms with Gasteiger partial charge in [0.2, 0.25) is 10.0 Å². The van der Waals surface area contributed by atoms with Crippen LogP contribution in [0.5, 0.6) is 0 Å². The van der Waals surface area contributed by atoms with E-state index in [0.717, 1.165) is 16.8 Å². The van der Waals surface area contributed by atoms with Crippen molar-refractivity contribution in [2.75, 3.05) is 19.3 Å². The summed E-state index contributed by atoms with van der Waals surface area (Å²) in [6.07, 6.45) is 1.08. The summed E-state index contributed by atoms with van der Waals surface area (Å²) < 4.78 is 24.2. The Kier molecular flexibility index (Phi) is 5.28. The fraction of sp³-hybridized carbons (Fsp3) is 0.286. The van der Waals surface area contributed by atoms with E-state index in [9.17, 15) is 13.2 Å². The second-order valence-electron chi connectivity index (χ2n) is 4.72. The number of rotatable bonds is 6. The van der Waals surface area contributed by atoms with Crippen LogP contribution in [0.4, 0.5) is 0 Å². The smallest absolute Gasteiger partial charge is 0.263 e. The number of aromatic nitrogens is 1. The molecule has 0 saturated carbocycles. The van der Waals surface area contributed by atoms with Gasteiger partial charge in [0.25, 0.3) is 5.91 Å². The van der Waals surface area contributed by atoms with Crippen molar-refractivity contribution in [2.45, 2.75) is 6.92 Å². The van der Waals surface area contributed by atoms with Gasteiger partial charge < -0.3 is 5.32 Å². The lowest BCUT2D eigenvalue weighted by atomic mass is 10.2. The fourth-order valence-electron chi connectivity index (χ4n) is 1.80. The van der Waals surface area contributed by atoms with Gasteiger partial charge in [-0.25, -0.2) is 18.1 Å². The second kappa shape index (κ2) is 6.99. The van der Waals surface area contributed by atoms with Crippen molar-refractivity contribution in [3.63, 3.8) is 0 Å². The Morgan fingerprint density at radius 3 is 2.55 bits per heavy atom. The van der Waals surface area contributed by atoms with E-state index in [-0.39, 0.29) is 19.0 Å². The van der Waals surface area contributed by atoms with Crippen molar-refractivity contribution in [2.24, 2.45) is 0 Å². The minimum absolute atomic E-state index is 0.161. The Hall–Kier alpha value is -1.77. The maximum Gasteiger partial charge on any atom is 0.263 e. The number of nitrogens with zero attached hydrogens (tertiary/aromatic N) is 1. The molecule has 1 aromatic carbocycles. The Balaban J connectivity index is 2.00. The van der Waals surface area contributed by atoms with Gasteiger partial charge in [-0.3, -0.25) is 4.79 Å². The molecule has 0 aliphatic heterocycles. The summed E-state index contributed by atoms with van der Waals surface area (Å²) in [7, 11) is -3.24. The molecule has 0 saturated heterocycles. The molecule has 0 unspecified atom stereocenters. The van der Waals surface area contributed by atoms with E-state index in [0.29, 0.717) is 10.6 Å². The van der Waals surface area contributed by atoms with Gasteiger partial charge >= 0.3 is 0 Å². The van der Waals surface area contributed by atoms with Crippen LogP contribution in [0.3, 0.4) is 0 Å². The molecule has 0 fully saturated rings. The molecule has 2 aromatic rings. The summed E-state index contributed by atoms with van der Waals surface area (Å²) in [4.78, 5) is 17.1. The average Bonchev–Trinajstić information content (AvgIpc) is 2.85. The highest BCUT2D eigenvalue weighted by Gasteiger charge is 2.15. The monoisotopic (exact) mass is 339 g/mol. The molecule has 1 heterocycles. The van der Waals surface area contributed by atoms with E-state index in [4.69, 9.17) is 0 Å². The number of hydrogen-bond acceptors (Lipinski definition) is 5. The maximum absolute atomic E-state index is 12.1. The first-order valence-electron chi connectivity index (χ1n) is 6.62. The minimum Gasteiger partial charge on any atom is -0.350 e. The fourth-order valence-corrected chi connectivity index (χ4v) is 3.26. The third-order valence-corrected chi connectivity index (χ3v) is 4.73. The van der Waals surface area contributed by atoms with Crippen molar-refractivity contribution in [3.05, 3.63) is 40.9 Å². The molecule has 2 N–H and O–H groups in total. The number of carbonyl (C=O) groups excluding carboxylic acids is 1. The van der Waals surface area contributed by atoms with Gasteiger partial charge in [0, 0.05) is 18.7 Å². The second-order valence-corrected chi connectivity index (χ2v) is 7.55. The average molecular weight is 339 g/mol. The lowest BCUT2D eigenvalue weighted by molar-refractivity contribution is 0.0957. The maximum atomic E-state index is 12.1. The van der Waals surface area contributed by atoms with E-state index in [2.05, 4.69) is 15.0 Å². The lowest BCUT2D eigenvalue weighted by Crippen LogP contribution is -2.34. The van der Waals surface area contributed by atoms with Crippen molar-refractivity contribution in [1.29, 1.82) is 0 Å². The SMILES string of the molecule is Cc1nc(-c2ccccc2)sc1C(=O)NCCNS(C)(=O)=O. The number of sulfonamides is 1. The van der Waals surface area contributed by atoms with Crippen LogP contribution in [0.15, 0.2) is 30.3 Å². The number of amides is 1. The standard InChI is InChI=1S/C14H17N3O3S2/c1-10-12(13(18)15-8-9-16-22(2,19)20)21-14(17-10)11-6-4-3-5-7-11/h3-7,16H,8-9H2,1-2H3,(H,15,18). The zero-order valence-electron chi connectivity index (χ0n) is 12.3. The van der Waals surface area contributed by atoms with Gasteiger partial charge in [-0.1, -0.05) is 30.3 Å². The molecule has 0 spiro atoms. The number of nitrogens with one attached hydrogen (secondary N) is 2. The molecule has 1 aromatic heterocycles. The van der Waals surface area contributed by atoms with Crippen LogP contribution in [0.2, 0.25) is 0 Å². The summed E-state index contributed by atoms with van der Waals surface area (Å²) in [5.41, 5.74) is 1.63. The Morgan fingerprint density at radius 1 is 1.23 bits per heavy atom. The molecular formula is C14H17N3O3S2. The van der Waals surface area contributed by atoms with Crippen LogP contribution in [-0.2, 0) is 10.0 Å². The molecule has 8 heteroatoms. The first-order valence-corrected chi connectivity index (χ1v) is 9.33. The number of thiazole rings is 1. The zero-order chi connectivity index (χ0) is 16.2. The van der Waals surface area contributed by atoms with Gasteiger partial charge in [-0.05, 0) is 6.92 Å². The van der Waals surface area contributed by atoms with Gasteiger partial charge in [-0.2, -0.15) is 0 Å². The lowest BCUT2D eigenvalue weighted by Gasteiger charge is -2.04. The van der Waals surface area contributed by atoms with Crippen molar-refractivity contribution in [1.82, 2.24) is 15.0 Å². The molecule has 0 bridgehead atoms. The van der Waals surface area contributed by atoms with Gasteiger partial charge in [0.1, 0.15) is 9.88 Å². The predicted molar refractivity (Wildman–Crippen MR) is 87.5 cm³/mol. The topological polar surface area (TPSA) is 88.2 Å². The summed E-state index contributed by atoms with van der Waals surface area (Å²) in [6, 6.07) is 9.64. The summed E-state index contributed by atoms with van der Waals surface area (Å²) in [5.74, 6) is -0.243. The van der Waals surface area contributed by atoms with Crippen LogP contribution < -0.4 is 10.0 Å². The van der Waals surface area contributed by atoms with Gasteiger partial charge in [0.05, 0.1) is 11.9 Å². The quantitative estimate of drug-likeness (QED) is 0.779. The highest BCUT2D eigenvalue weighted by Crippen LogP contribution is 2.27. The zero-order valence-corrected chi connectivity index (χ0v) is 13.9. The first kappa shape index (κ1) is 16.6. The van der Waals surface area contributed by atoms with E-state index in [1.807, 2.05) is 30.3 Å². The van der Waals surface area contributed by atoms with Gasteiger partial charge in [-0.15, -0.1) is 11.3 Å². The third kappa shape index (κ3) is 4.62. The van der Waals surface area contributed by atoms with E-state index >= 15 is 0 Å². The number of carbonyl (C=O) groups is 1. The molecule has 0 aliphatic rings. The van der Waals surface area contributed by atoms with E-state index in [1.54, 1.807) is 6.92 Å². The van der Waals surface area contributed by atoms with Crippen LogP contribution in [-0.4, -0.2) is 38.7 Å². The predicted octanol–water partition coefficient (Wildman–Crippen LogP) is 1.40. The largest absolute Gasteiger partial charge is 0.350 e. The molecule has 6 nitrogen and oxygen atoms in total. The molecule has 0 atom stereocenters. The van der Waals surface area contributed by atoms with Crippen molar-refractivity contribution >= 4 is 27.3 Å². The molecule has 1 amide bonds. The number of hydrogen-bond donors (Lipinski definition) is 2. The van der Waals surface area contributed by atoms with Crippen molar-refractivity contribution < 1.29 is 13.2 Å². The molecule has 22 heavy (non-hydrogen) atoms. The molecular weight excluding hydrogens is 322 g/mol. The van der Waals surface area contributed by atoms with Crippen LogP contribution in [0.25, 0.3) is 10.6 Å². The highest BCUT2D eigenvalue weighted by molar-refractivity contribution is 7.88. The molecule has 118 valence electrons. The highest BCUT2D eigenvalue weighted by atomic mass is 32.2. The third-order valence-electron chi connectivity index (χ3n) is 2.80. The molecule has 2 rings (SSSR count). The van der Waals surface area contributed by atoms with E-state index < -0.39 is 10.0 Å². The number of aryl methyl sites for hydroxylation is 1. The summed E-state index contributed by atoms with van der Waals surface area (Å²) >= 11 is 1.32. The molecule has 0 aliphatic carbocycles. The normalized spacial score (nSPS) is 11.4. The Morgan fingerprint density at radius 2 is 1.91 bits per heavy atom. The molecule has 0 radical (unpaired) electrons. The number of benzene rings is 1. The van der Waals surface area contributed by atoms with Crippen LogP contribution >= 0.6 is 11.3 Å². The summed E-state index contributed by atoms with van der Waals surface area (Å²) in [5, 5.41) is 3.47. The van der Waals surface area contributed by atoms with Crippen molar-refractivity contribution in [3.8, 4) is 10.6 Å². The minimum atomic E-state index is -3.24. The Labute approximate surface area is 133 Å². The van der Waals surface area contributed by atoms with Gasteiger partial charge in [0.15, 0.2) is 0 Å². The first-order chi connectivity index (χ1) is 10.4. The summed E-state index contributed by atoms with van der Waals surface area (Å²) in [6.45, 7) is 2.17. The van der Waals surface area contributed by atoms with Crippen LogP contribution in [0, 0.1) is 6.92 Å².